The molecule has 0 bridgehead atoms. The Morgan fingerprint density at radius 1 is 1.25 bits per heavy atom. The minimum atomic E-state index is 0.0311. The Morgan fingerprint density at radius 2 is 2.12 bits per heavy atom. The number of ether oxygens (including phenoxy) is 1. The lowest BCUT2D eigenvalue weighted by molar-refractivity contribution is 0.0826. The number of aryl methyl sites for hydroxylation is 1. The van der Waals surface area contributed by atoms with Crippen LogP contribution in [0, 0.1) is 0 Å². The number of rotatable bonds is 3. The molecule has 1 atom stereocenters. The molecular weight excluding hydrogens is 324 g/mol. The Hall–Kier alpha value is -1.73. The molecule has 4 heterocycles. The monoisotopic (exact) mass is 346 g/mol. The van der Waals surface area contributed by atoms with Gasteiger partial charge >= 0.3 is 0 Å². The van der Waals surface area contributed by atoms with Crippen molar-refractivity contribution < 1.29 is 9.53 Å². The molecule has 0 aliphatic carbocycles. The molecule has 1 fully saturated rings. The third kappa shape index (κ3) is 3.23. The molecular formula is C17H22N4O2S. The van der Waals surface area contributed by atoms with Gasteiger partial charge in [-0.15, -0.1) is 10.2 Å². The second kappa shape index (κ2) is 7.03. The van der Waals surface area contributed by atoms with Crippen LogP contribution in [0.1, 0.15) is 53.6 Å². The van der Waals surface area contributed by atoms with Crippen molar-refractivity contribution in [2.75, 3.05) is 13.2 Å². The van der Waals surface area contributed by atoms with Crippen molar-refractivity contribution >= 4 is 17.2 Å². The molecule has 0 aromatic carbocycles. The van der Waals surface area contributed by atoms with Gasteiger partial charge in [-0.25, -0.2) is 0 Å². The van der Waals surface area contributed by atoms with Gasteiger partial charge in [-0.2, -0.15) is 11.3 Å². The van der Waals surface area contributed by atoms with Gasteiger partial charge in [0.15, 0.2) is 0 Å². The summed E-state index contributed by atoms with van der Waals surface area (Å²) in [6.45, 7) is 2.50. The topological polar surface area (TPSA) is 69.0 Å². The van der Waals surface area contributed by atoms with Crippen LogP contribution >= 0.6 is 11.3 Å². The number of hydrogen-bond donors (Lipinski definition) is 1. The normalized spacial score (nSPS) is 21.9. The molecule has 24 heavy (non-hydrogen) atoms. The van der Waals surface area contributed by atoms with Gasteiger partial charge in [0.2, 0.25) is 0 Å². The zero-order valence-electron chi connectivity index (χ0n) is 13.6. The Kier molecular flexibility index (Phi) is 4.62. The molecule has 1 saturated heterocycles. The van der Waals surface area contributed by atoms with Crippen molar-refractivity contribution in [3.8, 4) is 0 Å². The maximum absolute atomic E-state index is 12.3. The van der Waals surface area contributed by atoms with Crippen molar-refractivity contribution in [3.63, 3.8) is 0 Å². The van der Waals surface area contributed by atoms with Crippen LogP contribution in [-0.2, 0) is 17.7 Å². The van der Waals surface area contributed by atoms with E-state index in [-0.39, 0.29) is 11.9 Å². The highest BCUT2D eigenvalue weighted by Crippen LogP contribution is 2.27. The van der Waals surface area contributed by atoms with Crippen LogP contribution < -0.4 is 5.32 Å². The van der Waals surface area contributed by atoms with E-state index in [1.54, 1.807) is 11.3 Å². The Labute approximate surface area is 145 Å². The van der Waals surface area contributed by atoms with Crippen LogP contribution in [0.5, 0.6) is 0 Å². The molecule has 128 valence electrons. The SMILES string of the molecule is O=C(NC1CCc2nnc(C3CCOCC3)n2CC1)c1ccsc1. The van der Waals surface area contributed by atoms with Gasteiger partial charge in [0, 0.05) is 49.1 Å². The Morgan fingerprint density at radius 3 is 2.92 bits per heavy atom. The number of aromatic nitrogens is 3. The van der Waals surface area contributed by atoms with Crippen LogP contribution in [0.15, 0.2) is 16.8 Å². The number of hydrogen-bond acceptors (Lipinski definition) is 5. The molecule has 2 aliphatic rings. The summed E-state index contributed by atoms with van der Waals surface area (Å²) in [6.07, 6.45) is 4.76. The van der Waals surface area contributed by atoms with E-state index in [0.29, 0.717) is 5.92 Å². The predicted molar refractivity (Wildman–Crippen MR) is 91.3 cm³/mol. The van der Waals surface area contributed by atoms with E-state index in [1.807, 2.05) is 16.8 Å². The minimum Gasteiger partial charge on any atom is -0.381 e. The highest BCUT2D eigenvalue weighted by molar-refractivity contribution is 7.08. The predicted octanol–water partition coefficient (Wildman–Crippen LogP) is 2.37. The quantitative estimate of drug-likeness (QED) is 0.926. The molecule has 1 unspecified atom stereocenters. The molecule has 2 aromatic rings. The van der Waals surface area contributed by atoms with Crippen molar-refractivity contribution in [1.29, 1.82) is 0 Å². The van der Waals surface area contributed by atoms with Gasteiger partial charge in [0.05, 0.1) is 0 Å². The van der Waals surface area contributed by atoms with Crippen LogP contribution in [0.3, 0.4) is 0 Å². The number of amides is 1. The maximum atomic E-state index is 12.3. The molecule has 7 heteroatoms. The summed E-state index contributed by atoms with van der Waals surface area (Å²) >= 11 is 1.55. The summed E-state index contributed by atoms with van der Waals surface area (Å²) in [6, 6.07) is 2.07. The minimum absolute atomic E-state index is 0.0311. The molecule has 6 nitrogen and oxygen atoms in total. The number of carbonyl (C=O) groups excluding carboxylic acids is 1. The molecule has 0 saturated carbocycles. The highest BCUT2D eigenvalue weighted by Gasteiger charge is 2.26. The zero-order valence-corrected chi connectivity index (χ0v) is 14.4. The smallest absolute Gasteiger partial charge is 0.252 e. The van der Waals surface area contributed by atoms with Gasteiger partial charge in [0.1, 0.15) is 11.6 Å². The van der Waals surface area contributed by atoms with Gasteiger partial charge < -0.3 is 14.6 Å². The molecule has 4 rings (SSSR count). The molecule has 0 spiro atoms. The second-order valence-electron chi connectivity index (χ2n) is 6.52. The fourth-order valence-electron chi connectivity index (χ4n) is 3.57. The van der Waals surface area contributed by atoms with Crippen LogP contribution in [0.2, 0.25) is 0 Å². The lowest BCUT2D eigenvalue weighted by atomic mass is 9.99. The first kappa shape index (κ1) is 15.8. The summed E-state index contributed by atoms with van der Waals surface area (Å²) < 4.78 is 7.74. The summed E-state index contributed by atoms with van der Waals surface area (Å²) in [4.78, 5) is 12.3. The first-order valence-electron chi connectivity index (χ1n) is 8.64. The van der Waals surface area contributed by atoms with Crippen LogP contribution in [-0.4, -0.2) is 39.9 Å². The number of carbonyl (C=O) groups is 1. The average Bonchev–Trinajstić information content (AvgIpc) is 3.24. The average molecular weight is 346 g/mol. The van der Waals surface area contributed by atoms with Crippen molar-refractivity contribution in [1.82, 2.24) is 20.1 Å². The van der Waals surface area contributed by atoms with E-state index in [4.69, 9.17) is 4.74 Å². The lowest BCUT2D eigenvalue weighted by Gasteiger charge is -2.22. The van der Waals surface area contributed by atoms with Crippen LogP contribution in [0.25, 0.3) is 0 Å². The molecule has 0 radical (unpaired) electrons. The Balaban J connectivity index is 1.42. The molecule has 1 N–H and O–H groups in total. The van der Waals surface area contributed by atoms with E-state index in [0.717, 1.165) is 69.1 Å². The largest absolute Gasteiger partial charge is 0.381 e. The third-order valence-corrected chi connectivity index (χ3v) is 5.66. The van der Waals surface area contributed by atoms with Gasteiger partial charge in [-0.05, 0) is 37.1 Å². The van der Waals surface area contributed by atoms with E-state index < -0.39 is 0 Å². The fraction of sp³-hybridized carbons (Fsp3) is 0.588. The number of nitrogens with zero attached hydrogens (tertiary/aromatic N) is 3. The fourth-order valence-corrected chi connectivity index (χ4v) is 4.21. The summed E-state index contributed by atoms with van der Waals surface area (Å²) in [5.74, 6) is 2.66. The molecule has 1 amide bonds. The second-order valence-corrected chi connectivity index (χ2v) is 7.30. The lowest BCUT2D eigenvalue weighted by Crippen LogP contribution is -2.35. The summed E-state index contributed by atoms with van der Waals surface area (Å²) in [5, 5.41) is 15.9. The van der Waals surface area contributed by atoms with Gasteiger partial charge in [-0.1, -0.05) is 0 Å². The first-order valence-corrected chi connectivity index (χ1v) is 9.58. The highest BCUT2D eigenvalue weighted by atomic mass is 32.1. The van der Waals surface area contributed by atoms with E-state index in [2.05, 4.69) is 20.1 Å². The number of nitrogens with one attached hydrogen (secondary N) is 1. The summed E-state index contributed by atoms with van der Waals surface area (Å²) in [7, 11) is 0. The van der Waals surface area contributed by atoms with E-state index >= 15 is 0 Å². The van der Waals surface area contributed by atoms with E-state index in [1.165, 1.54) is 0 Å². The maximum Gasteiger partial charge on any atom is 0.252 e. The summed E-state index contributed by atoms with van der Waals surface area (Å²) in [5.41, 5.74) is 0.756. The van der Waals surface area contributed by atoms with Crippen LogP contribution in [0.4, 0.5) is 0 Å². The van der Waals surface area contributed by atoms with Gasteiger partial charge in [-0.3, -0.25) is 4.79 Å². The van der Waals surface area contributed by atoms with Crippen molar-refractivity contribution in [3.05, 3.63) is 34.0 Å². The number of thiophene rings is 1. The standard InChI is InChI=1S/C17H22N4O2S/c22-17(13-6-10-24-11-13)18-14-1-2-15-19-20-16(21(15)7-3-14)12-4-8-23-9-5-12/h6,10-12,14H,1-5,7-9H2,(H,18,22). The van der Waals surface area contributed by atoms with Crippen molar-refractivity contribution in [2.45, 2.75) is 50.6 Å². The number of fused-ring (bicyclic) bond motifs is 1. The molecule has 2 aliphatic heterocycles. The van der Waals surface area contributed by atoms with E-state index in [9.17, 15) is 4.79 Å². The first-order chi connectivity index (χ1) is 11.8. The molecule has 2 aromatic heterocycles. The van der Waals surface area contributed by atoms with Crippen molar-refractivity contribution in [2.24, 2.45) is 0 Å². The third-order valence-electron chi connectivity index (χ3n) is 4.98. The van der Waals surface area contributed by atoms with Gasteiger partial charge in [0.25, 0.3) is 5.91 Å². The zero-order chi connectivity index (χ0) is 16.4. The Bertz CT molecular complexity index is 692.